The second-order valence-electron chi connectivity index (χ2n) is 2.51. The molecule has 1 aromatic carbocycles. The molecule has 0 aliphatic heterocycles. The van der Waals surface area contributed by atoms with Crippen molar-refractivity contribution in [3.8, 4) is 0 Å². The van der Waals surface area contributed by atoms with E-state index in [1.807, 2.05) is 37.3 Å². The van der Waals surface area contributed by atoms with Gasteiger partial charge in [0.1, 0.15) is 0 Å². The van der Waals surface area contributed by atoms with E-state index in [1.165, 1.54) is 0 Å². The van der Waals surface area contributed by atoms with Crippen LogP contribution in [0.5, 0.6) is 0 Å². The van der Waals surface area contributed by atoms with Gasteiger partial charge in [-0.25, -0.2) is 0 Å². The Morgan fingerprint density at radius 2 is 2.15 bits per heavy atom. The molecular formula is C10H12N2O. The van der Waals surface area contributed by atoms with E-state index in [2.05, 4.69) is 5.16 Å². The molecule has 0 aliphatic rings. The smallest absolute Gasteiger partial charge is 0.217 e. The molecule has 0 radical (unpaired) electrons. The highest BCUT2D eigenvalue weighted by Gasteiger charge is 1.89. The van der Waals surface area contributed by atoms with Crippen LogP contribution < -0.4 is 0 Å². The summed E-state index contributed by atoms with van der Waals surface area (Å²) in [6.45, 7) is 1.85. The topological polar surface area (TPSA) is 45.4 Å². The van der Waals surface area contributed by atoms with Gasteiger partial charge in [-0.15, -0.1) is 0 Å². The van der Waals surface area contributed by atoms with Gasteiger partial charge in [0, 0.05) is 6.42 Å². The van der Waals surface area contributed by atoms with Gasteiger partial charge in [0.2, 0.25) is 5.90 Å². The molecule has 3 nitrogen and oxygen atoms in total. The number of hydrogen-bond acceptors (Lipinski definition) is 3. The molecule has 0 saturated carbocycles. The van der Waals surface area contributed by atoms with Crippen LogP contribution in [0.15, 0.2) is 35.5 Å². The van der Waals surface area contributed by atoms with E-state index in [0.717, 1.165) is 5.56 Å². The van der Waals surface area contributed by atoms with Crippen LogP contribution in [0.3, 0.4) is 0 Å². The van der Waals surface area contributed by atoms with Crippen molar-refractivity contribution < 1.29 is 4.84 Å². The van der Waals surface area contributed by atoms with Crippen LogP contribution in [0, 0.1) is 5.41 Å². The third-order valence-electron chi connectivity index (χ3n) is 1.49. The minimum atomic E-state index is 0.173. The van der Waals surface area contributed by atoms with Gasteiger partial charge >= 0.3 is 0 Å². The number of nitrogens with one attached hydrogen (secondary N) is 1. The Balaban J connectivity index is 2.45. The zero-order valence-corrected chi connectivity index (χ0v) is 7.53. The van der Waals surface area contributed by atoms with E-state index < -0.39 is 0 Å². The lowest BCUT2D eigenvalue weighted by atomic mass is 10.2. The normalized spacial score (nSPS) is 10.2. The monoisotopic (exact) mass is 176 g/mol. The third-order valence-corrected chi connectivity index (χ3v) is 1.49. The summed E-state index contributed by atoms with van der Waals surface area (Å²) in [4.78, 5) is 4.75. The van der Waals surface area contributed by atoms with Gasteiger partial charge in [0.05, 0.1) is 6.21 Å². The van der Waals surface area contributed by atoms with Crippen molar-refractivity contribution in [2.75, 3.05) is 0 Å². The first kappa shape index (κ1) is 9.45. The highest BCUT2D eigenvalue weighted by atomic mass is 16.6. The number of hydrogen-bond donors (Lipinski definition) is 1. The summed E-state index contributed by atoms with van der Waals surface area (Å²) in [7, 11) is 0. The Hall–Kier alpha value is -1.64. The van der Waals surface area contributed by atoms with Crippen molar-refractivity contribution in [1.82, 2.24) is 0 Å². The second-order valence-corrected chi connectivity index (χ2v) is 2.51. The molecule has 0 bridgehead atoms. The lowest BCUT2D eigenvalue weighted by molar-refractivity contribution is 0.318. The van der Waals surface area contributed by atoms with Gasteiger partial charge < -0.3 is 4.84 Å². The molecule has 0 aromatic heterocycles. The van der Waals surface area contributed by atoms with Crippen molar-refractivity contribution in [3.05, 3.63) is 35.9 Å². The van der Waals surface area contributed by atoms with E-state index in [9.17, 15) is 0 Å². The number of oxime groups is 1. The molecule has 0 aliphatic carbocycles. The van der Waals surface area contributed by atoms with Crippen LogP contribution in [0.1, 0.15) is 18.9 Å². The lowest BCUT2D eigenvalue weighted by Gasteiger charge is -1.94. The first-order chi connectivity index (χ1) is 6.33. The minimum Gasteiger partial charge on any atom is -0.342 e. The Morgan fingerprint density at radius 3 is 2.77 bits per heavy atom. The molecule has 0 saturated heterocycles. The van der Waals surface area contributed by atoms with Gasteiger partial charge in [0.15, 0.2) is 0 Å². The van der Waals surface area contributed by atoms with Crippen molar-refractivity contribution >= 4 is 12.1 Å². The summed E-state index contributed by atoms with van der Waals surface area (Å²) in [6, 6.07) is 9.62. The first-order valence-electron chi connectivity index (χ1n) is 4.15. The van der Waals surface area contributed by atoms with Gasteiger partial charge in [0.25, 0.3) is 0 Å². The van der Waals surface area contributed by atoms with Gasteiger partial charge in [-0.2, -0.15) is 0 Å². The third kappa shape index (κ3) is 3.51. The van der Waals surface area contributed by atoms with Crippen LogP contribution in [0.25, 0.3) is 0 Å². The second kappa shape index (κ2) is 5.09. The molecule has 3 heteroatoms. The van der Waals surface area contributed by atoms with E-state index in [4.69, 9.17) is 10.2 Å². The Kier molecular flexibility index (Phi) is 3.70. The molecule has 0 atom stereocenters. The van der Waals surface area contributed by atoms with Crippen LogP contribution in [0.4, 0.5) is 0 Å². The maximum atomic E-state index is 7.17. The highest BCUT2D eigenvalue weighted by molar-refractivity contribution is 5.80. The van der Waals surface area contributed by atoms with Crippen LogP contribution in [-0.2, 0) is 4.84 Å². The van der Waals surface area contributed by atoms with Crippen molar-refractivity contribution in [2.24, 2.45) is 5.16 Å². The molecule has 0 heterocycles. The van der Waals surface area contributed by atoms with Crippen LogP contribution in [0.2, 0.25) is 0 Å². The zero-order chi connectivity index (χ0) is 9.52. The molecule has 0 spiro atoms. The van der Waals surface area contributed by atoms with Gasteiger partial charge in [-0.3, -0.25) is 5.41 Å². The first-order valence-corrected chi connectivity index (χ1v) is 4.15. The molecule has 1 rings (SSSR count). The summed E-state index contributed by atoms with van der Waals surface area (Å²) >= 11 is 0. The fraction of sp³-hybridized carbons (Fsp3) is 0.200. The van der Waals surface area contributed by atoms with E-state index in [0.29, 0.717) is 6.42 Å². The average Bonchev–Trinajstić information content (AvgIpc) is 2.19. The lowest BCUT2D eigenvalue weighted by Crippen LogP contribution is -1.95. The predicted octanol–water partition coefficient (Wildman–Crippen LogP) is 2.42. The van der Waals surface area contributed by atoms with Crippen LogP contribution in [-0.4, -0.2) is 12.1 Å². The molecule has 68 valence electrons. The number of rotatable bonds is 3. The molecule has 13 heavy (non-hydrogen) atoms. The highest BCUT2D eigenvalue weighted by Crippen LogP contribution is 1.94. The average molecular weight is 176 g/mol. The zero-order valence-electron chi connectivity index (χ0n) is 7.53. The predicted molar refractivity (Wildman–Crippen MR) is 53.1 cm³/mol. The van der Waals surface area contributed by atoms with Crippen LogP contribution >= 0.6 is 0 Å². The summed E-state index contributed by atoms with van der Waals surface area (Å²) in [6.07, 6.45) is 2.15. The molecule has 1 aromatic rings. The van der Waals surface area contributed by atoms with E-state index >= 15 is 0 Å². The quantitative estimate of drug-likeness (QED) is 0.429. The molecular weight excluding hydrogens is 164 g/mol. The number of nitrogens with zero attached hydrogens (tertiary/aromatic N) is 1. The largest absolute Gasteiger partial charge is 0.342 e. The standard InChI is InChI=1S/C10H12N2O/c1-2-10(11)13-12-8-9-6-4-3-5-7-9/h3-8,11H,2H2,1H3/b11-10?,12-8+. The SMILES string of the molecule is CCC(=N)O/N=C/c1ccccc1. The Morgan fingerprint density at radius 1 is 1.46 bits per heavy atom. The maximum Gasteiger partial charge on any atom is 0.217 e. The number of benzene rings is 1. The van der Waals surface area contributed by atoms with Crippen molar-refractivity contribution in [1.29, 1.82) is 5.41 Å². The Bertz CT molecular complexity index is 293. The van der Waals surface area contributed by atoms with Crippen molar-refractivity contribution in [3.63, 3.8) is 0 Å². The van der Waals surface area contributed by atoms with E-state index in [-0.39, 0.29) is 5.90 Å². The summed E-state index contributed by atoms with van der Waals surface area (Å²) < 4.78 is 0. The maximum absolute atomic E-state index is 7.17. The van der Waals surface area contributed by atoms with E-state index in [1.54, 1.807) is 6.21 Å². The van der Waals surface area contributed by atoms with Gasteiger partial charge in [-0.1, -0.05) is 42.4 Å². The summed E-state index contributed by atoms with van der Waals surface area (Å²) in [5.74, 6) is 0.173. The molecule has 1 N–H and O–H groups in total. The van der Waals surface area contributed by atoms with Gasteiger partial charge in [-0.05, 0) is 5.56 Å². The summed E-state index contributed by atoms with van der Waals surface area (Å²) in [5, 5.41) is 10.8. The molecule has 0 fully saturated rings. The minimum absolute atomic E-state index is 0.173. The molecule has 0 amide bonds. The fourth-order valence-electron chi connectivity index (χ4n) is 0.754. The Labute approximate surface area is 77.5 Å². The summed E-state index contributed by atoms with van der Waals surface area (Å²) in [5.41, 5.74) is 0.964. The fourth-order valence-corrected chi connectivity index (χ4v) is 0.754. The molecule has 0 unspecified atom stereocenters. The van der Waals surface area contributed by atoms with Crippen molar-refractivity contribution in [2.45, 2.75) is 13.3 Å².